The minimum Gasteiger partial charge on any atom is -0.491 e. The molecule has 1 aromatic carbocycles. The number of aliphatic hydroxyl groups is 1. The first kappa shape index (κ1) is 15.0. The molecule has 0 aromatic heterocycles. The van der Waals surface area contributed by atoms with Crippen LogP contribution in [0.25, 0.3) is 0 Å². The number of aryl methyl sites for hydroxylation is 1. The third-order valence-electron chi connectivity index (χ3n) is 2.56. The van der Waals surface area contributed by atoms with E-state index < -0.39 is 6.10 Å². The van der Waals surface area contributed by atoms with Gasteiger partial charge in [-0.2, -0.15) is 0 Å². The first-order valence-electron chi connectivity index (χ1n) is 6.35. The Morgan fingerprint density at radius 3 is 2.39 bits per heavy atom. The first-order chi connectivity index (χ1) is 8.29. The van der Waals surface area contributed by atoms with Gasteiger partial charge in [0.1, 0.15) is 12.4 Å². The van der Waals surface area contributed by atoms with Crippen LogP contribution in [0.15, 0.2) is 18.2 Å². The van der Waals surface area contributed by atoms with E-state index in [9.17, 15) is 5.11 Å². The van der Waals surface area contributed by atoms with Crippen LogP contribution in [0.5, 0.6) is 5.75 Å². The van der Waals surface area contributed by atoms with Crippen LogP contribution in [0, 0.1) is 6.92 Å². The minimum absolute atomic E-state index is 0.130. The van der Waals surface area contributed by atoms with Gasteiger partial charge in [0, 0.05) is 0 Å². The Morgan fingerprint density at radius 2 is 1.89 bits per heavy atom. The van der Waals surface area contributed by atoms with Crippen LogP contribution in [0.2, 0.25) is 0 Å². The Bertz CT molecular complexity index is 378. The van der Waals surface area contributed by atoms with Gasteiger partial charge in [-0.05, 0) is 57.9 Å². The molecule has 0 saturated heterocycles. The second-order valence-corrected chi connectivity index (χ2v) is 5.51. The highest BCUT2D eigenvalue weighted by Gasteiger charge is 2.10. The van der Waals surface area contributed by atoms with E-state index in [1.54, 1.807) is 6.92 Å². The lowest BCUT2D eigenvalue weighted by molar-refractivity contribution is -0.0163. The molecule has 0 fully saturated rings. The minimum atomic E-state index is -0.443. The van der Waals surface area contributed by atoms with E-state index in [4.69, 9.17) is 9.47 Å². The van der Waals surface area contributed by atoms with Crippen molar-refractivity contribution in [2.75, 3.05) is 13.2 Å². The second-order valence-electron chi connectivity index (χ2n) is 5.51. The highest BCUT2D eigenvalue weighted by Crippen LogP contribution is 2.22. The molecule has 0 aliphatic rings. The average Bonchev–Trinajstić information content (AvgIpc) is 2.24. The van der Waals surface area contributed by atoms with Crippen LogP contribution >= 0.6 is 0 Å². The fourth-order valence-corrected chi connectivity index (χ4v) is 1.59. The summed E-state index contributed by atoms with van der Waals surface area (Å²) in [6, 6.07) is 5.73. The molecule has 0 aliphatic carbocycles. The predicted octanol–water partition coefficient (Wildman–Crippen LogP) is 3.24. The van der Waals surface area contributed by atoms with Gasteiger partial charge in [0.2, 0.25) is 0 Å². The topological polar surface area (TPSA) is 38.7 Å². The lowest BCUT2D eigenvalue weighted by Crippen LogP contribution is -2.22. The molecule has 0 heterocycles. The Labute approximate surface area is 110 Å². The summed E-state index contributed by atoms with van der Waals surface area (Å²) in [7, 11) is 0. The van der Waals surface area contributed by atoms with Crippen molar-refractivity contribution >= 4 is 0 Å². The smallest absolute Gasteiger partial charge is 0.122 e. The van der Waals surface area contributed by atoms with Gasteiger partial charge >= 0.3 is 0 Å². The maximum absolute atomic E-state index is 9.48. The zero-order valence-corrected chi connectivity index (χ0v) is 12.0. The molecule has 18 heavy (non-hydrogen) atoms. The lowest BCUT2D eigenvalue weighted by atomic mass is 10.1. The maximum Gasteiger partial charge on any atom is 0.122 e. The molecule has 1 atom stereocenters. The Hall–Kier alpha value is -1.06. The summed E-state index contributed by atoms with van der Waals surface area (Å²) >= 11 is 0. The fourth-order valence-electron chi connectivity index (χ4n) is 1.59. The van der Waals surface area contributed by atoms with Gasteiger partial charge in [-0.1, -0.05) is 6.07 Å². The van der Waals surface area contributed by atoms with E-state index in [-0.39, 0.29) is 5.60 Å². The van der Waals surface area contributed by atoms with Crippen LogP contribution in [-0.4, -0.2) is 23.9 Å². The highest BCUT2D eigenvalue weighted by molar-refractivity contribution is 5.36. The Morgan fingerprint density at radius 1 is 1.22 bits per heavy atom. The van der Waals surface area contributed by atoms with Gasteiger partial charge in [-0.3, -0.25) is 0 Å². The SMILES string of the molecule is Cc1cc([C@@H](C)O)ccc1OCCOC(C)(C)C. The van der Waals surface area contributed by atoms with E-state index in [0.29, 0.717) is 13.2 Å². The van der Waals surface area contributed by atoms with Crippen molar-refractivity contribution < 1.29 is 14.6 Å². The van der Waals surface area contributed by atoms with Crippen molar-refractivity contribution in [1.82, 2.24) is 0 Å². The van der Waals surface area contributed by atoms with Crippen molar-refractivity contribution in [3.05, 3.63) is 29.3 Å². The first-order valence-corrected chi connectivity index (χ1v) is 6.35. The molecule has 1 aromatic rings. The highest BCUT2D eigenvalue weighted by atomic mass is 16.5. The molecular formula is C15H24O3. The molecule has 1 N–H and O–H groups in total. The van der Waals surface area contributed by atoms with Crippen molar-refractivity contribution in [3.8, 4) is 5.75 Å². The summed E-state index contributed by atoms with van der Waals surface area (Å²) in [4.78, 5) is 0. The number of hydrogen-bond donors (Lipinski definition) is 1. The summed E-state index contributed by atoms with van der Waals surface area (Å²) in [6.45, 7) is 10.9. The Balaban J connectivity index is 2.48. The van der Waals surface area contributed by atoms with Gasteiger partial charge in [0.05, 0.1) is 18.3 Å². The largest absolute Gasteiger partial charge is 0.491 e. The Kier molecular flexibility index (Phi) is 5.17. The lowest BCUT2D eigenvalue weighted by Gasteiger charge is -2.20. The van der Waals surface area contributed by atoms with E-state index in [1.165, 1.54) is 0 Å². The van der Waals surface area contributed by atoms with Gasteiger partial charge in [-0.25, -0.2) is 0 Å². The summed E-state index contributed by atoms with van der Waals surface area (Å²) in [5.74, 6) is 0.844. The van der Waals surface area contributed by atoms with E-state index in [1.807, 2.05) is 45.9 Å². The third-order valence-corrected chi connectivity index (χ3v) is 2.56. The van der Waals surface area contributed by atoms with Gasteiger partial charge in [-0.15, -0.1) is 0 Å². The van der Waals surface area contributed by atoms with E-state index in [0.717, 1.165) is 16.9 Å². The van der Waals surface area contributed by atoms with Crippen LogP contribution in [0.4, 0.5) is 0 Å². The summed E-state index contributed by atoms with van der Waals surface area (Å²) in [6.07, 6.45) is -0.443. The van der Waals surface area contributed by atoms with Crippen molar-refractivity contribution in [3.63, 3.8) is 0 Å². The summed E-state index contributed by atoms with van der Waals surface area (Å²) < 4.78 is 11.2. The number of aliphatic hydroxyl groups excluding tert-OH is 1. The molecule has 102 valence electrons. The second kappa shape index (κ2) is 6.21. The maximum atomic E-state index is 9.48. The van der Waals surface area contributed by atoms with Crippen LogP contribution in [0.1, 0.15) is 44.9 Å². The van der Waals surface area contributed by atoms with Crippen LogP contribution in [-0.2, 0) is 4.74 Å². The van der Waals surface area contributed by atoms with E-state index in [2.05, 4.69) is 0 Å². The van der Waals surface area contributed by atoms with E-state index >= 15 is 0 Å². The molecule has 0 aliphatic heterocycles. The molecule has 0 bridgehead atoms. The molecule has 0 unspecified atom stereocenters. The standard InChI is InChI=1S/C15H24O3/c1-11-10-13(12(2)16)6-7-14(11)17-8-9-18-15(3,4)5/h6-7,10,12,16H,8-9H2,1-5H3/t12-/m1/s1. The molecule has 0 radical (unpaired) electrons. The van der Waals surface area contributed by atoms with Gasteiger partial charge in [0.25, 0.3) is 0 Å². The molecule has 0 saturated carbocycles. The molecule has 0 amide bonds. The monoisotopic (exact) mass is 252 g/mol. The molecule has 1 rings (SSSR count). The van der Waals surface area contributed by atoms with Crippen molar-refractivity contribution in [2.45, 2.75) is 46.3 Å². The quantitative estimate of drug-likeness (QED) is 0.818. The number of hydrogen-bond acceptors (Lipinski definition) is 3. The van der Waals surface area contributed by atoms with Crippen molar-refractivity contribution in [2.24, 2.45) is 0 Å². The number of benzene rings is 1. The predicted molar refractivity (Wildman–Crippen MR) is 73.0 cm³/mol. The zero-order valence-electron chi connectivity index (χ0n) is 12.0. The van der Waals surface area contributed by atoms with Gasteiger partial charge < -0.3 is 14.6 Å². The number of rotatable bonds is 5. The molecule has 0 spiro atoms. The molecule has 3 nitrogen and oxygen atoms in total. The summed E-state index contributed by atoms with van der Waals surface area (Å²) in [5, 5.41) is 9.48. The van der Waals surface area contributed by atoms with Gasteiger partial charge in [0.15, 0.2) is 0 Å². The normalized spacial score (nSPS) is 13.4. The summed E-state index contributed by atoms with van der Waals surface area (Å²) in [5.41, 5.74) is 1.81. The molecule has 3 heteroatoms. The third kappa shape index (κ3) is 5.07. The zero-order chi connectivity index (χ0) is 13.8. The van der Waals surface area contributed by atoms with Crippen molar-refractivity contribution in [1.29, 1.82) is 0 Å². The number of ether oxygens (including phenoxy) is 2. The van der Waals surface area contributed by atoms with Crippen LogP contribution < -0.4 is 4.74 Å². The average molecular weight is 252 g/mol. The van der Waals surface area contributed by atoms with Crippen LogP contribution in [0.3, 0.4) is 0 Å². The molecular weight excluding hydrogens is 228 g/mol. The fraction of sp³-hybridized carbons (Fsp3) is 0.600.